The van der Waals surface area contributed by atoms with Crippen LogP contribution in [0.5, 0.6) is 0 Å². The lowest BCUT2D eigenvalue weighted by Gasteiger charge is -2.24. The zero-order valence-corrected chi connectivity index (χ0v) is 12.2. The monoisotopic (exact) mass is 308 g/mol. The molecule has 21 heavy (non-hydrogen) atoms. The summed E-state index contributed by atoms with van der Waals surface area (Å²) in [6.45, 7) is 0.0771. The first-order chi connectivity index (χ1) is 10.1. The maximum Gasteiger partial charge on any atom is 0.305 e. The Morgan fingerprint density at radius 2 is 2.00 bits per heavy atom. The van der Waals surface area contributed by atoms with Crippen LogP contribution in [0.25, 0.3) is 0 Å². The minimum atomic E-state index is -0.962. The molecule has 0 aromatic heterocycles. The van der Waals surface area contributed by atoms with Crippen molar-refractivity contribution in [2.24, 2.45) is 0 Å². The number of carboxylic acids is 1. The van der Waals surface area contributed by atoms with Gasteiger partial charge in [-0.15, -0.1) is 11.8 Å². The Hall–Kier alpha value is -2.02. The molecule has 2 amide bonds. The van der Waals surface area contributed by atoms with E-state index in [1.165, 1.54) is 21.6 Å². The number of amides is 2. The molecular formula is C14H16N2O4S. The van der Waals surface area contributed by atoms with E-state index in [1.54, 1.807) is 24.3 Å². The highest BCUT2D eigenvalue weighted by molar-refractivity contribution is 8.00. The third-order valence-electron chi connectivity index (χ3n) is 3.07. The summed E-state index contributed by atoms with van der Waals surface area (Å²) in [5.74, 6) is -0.380. The van der Waals surface area contributed by atoms with Gasteiger partial charge in [-0.25, -0.2) is 0 Å². The van der Waals surface area contributed by atoms with Crippen LogP contribution in [0.4, 0.5) is 5.69 Å². The number of hydrogen-bond donors (Lipinski definition) is 1. The second-order valence-corrected chi connectivity index (χ2v) is 5.55. The summed E-state index contributed by atoms with van der Waals surface area (Å²) in [5.41, 5.74) is 0.642. The lowest BCUT2D eigenvalue weighted by Crippen LogP contribution is -2.42. The van der Waals surface area contributed by atoms with Gasteiger partial charge in [0.25, 0.3) is 0 Å². The number of hydrogen-bond acceptors (Lipinski definition) is 4. The van der Waals surface area contributed by atoms with Crippen molar-refractivity contribution in [1.29, 1.82) is 0 Å². The smallest absolute Gasteiger partial charge is 0.305 e. The molecule has 1 fully saturated rings. The van der Waals surface area contributed by atoms with Crippen LogP contribution >= 0.6 is 11.8 Å². The summed E-state index contributed by atoms with van der Waals surface area (Å²) in [6.07, 6.45) is -0.136. The highest BCUT2D eigenvalue weighted by Gasteiger charge is 2.26. The van der Waals surface area contributed by atoms with Gasteiger partial charge in [0.2, 0.25) is 11.8 Å². The third kappa shape index (κ3) is 4.22. The number of benzene rings is 1. The number of carboxylic acid groups (broad SMARTS) is 1. The van der Waals surface area contributed by atoms with E-state index in [2.05, 4.69) is 0 Å². The fraction of sp³-hybridized carbons (Fsp3) is 0.357. The Morgan fingerprint density at radius 1 is 1.29 bits per heavy atom. The summed E-state index contributed by atoms with van der Waals surface area (Å²) in [5, 5.41) is 8.81. The van der Waals surface area contributed by atoms with E-state index >= 15 is 0 Å². The van der Waals surface area contributed by atoms with Crippen molar-refractivity contribution in [3.8, 4) is 0 Å². The quantitative estimate of drug-likeness (QED) is 0.849. The van der Waals surface area contributed by atoms with E-state index in [4.69, 9.17) is 5.11 Å². The van der Waals surface area contributed by atoms with Crippen molar-refractivity contribution >= 4 is 35.2 Å². The molecule has 0 atom stereocenters. The van der Waals surface area contributed by atoms with Crippen LogP contribution in [0.3, 0.4) is 0 Å². The van der Waals surface area contributed by atoms with Gasteiger partial charge < -0.3 is 14.9 Å². The first-order valence-corrected chi connectivity index (χ1v) is 7.66. The number of aliphatic carboxylic acids is 1. The van der Waals surface area contributed by atoms with E-state index in [0.29, 0.717) is 17.3 Å². The average Bonchev–Trinajstić information content (AvgIpc) is 2.85. The average molecular weight is 308 g/mol. The summed E-state index contributed by atoms with van der Waals surface area (Å²) >= 11 is 1.47. The molecule has 1 saturated heterocycles. The Labute approximate surface area is 126 Å². The molecule has 1 aromatic carbocycles. The summed E-state index contributed by atoms with van der Waals surface area (Å²) in [6, 6.07) is 8.89. The summed E-state index contributed by atoms with van der Waals surface area (Å²) in [7, 11) is 0. The minimum absolute atomic E-state index is 0.0135. The second kappa shape index (κ2) is 7.12. The second-order valence-electron chi connectivity index (χ2n) is 4.59. The van der Waals surface area contributed by atoms with Crippen LogP contribution < -0.4 is 4.90 Å². The number of carbonyl (C=O) groups excluding carboxylic acids is 2. The highest BCUT2D eigenvalue weighted by atomic mass is 32.2. The topological polar surface area (TPSA) is 77.9 Å². The lowest BCUT2D eigenvalue weighted by molar-refractivity contribution is -0.137. The van der Waals surface area contributed by atoms with Crippen LogP contribution in [0, 0.1) is 0 Å². The van der Waals surface area contributed by atoms with Crippen LogP contribution in [-0.2, 0) is 14.4 Å². The van der Waals surface area contributed by atoms with Crippen molar-refractivity contribution in [3.63, 3.8) is 0 Å². The molecule has 2 rings (SSSR count). The Bertz CT molecular complexity index is 535. The van der Waals surface area contributed by atoms with Crippen molar-refractivity contribution in [1.82, 2.24) is 4.90 Å². The standard InChI is InChI=1S/C14H16N2O4S/c17-12(8-15-10-21-9-13(15)18)16(7-6-14(19)20)11-4-2-1-3-5-11/h1-5H,6-10H2,(H,19,20). The Morgan fingerprint density at radius 3 is 2.57 bits per heavy atom. The summed E-state index contributed by atoms with van der Waals surface area (Å²) in [4.78, 5) is 37.6. The molecule has 112 valence electrons. The number of rotatable bonds is 6. The fourth-order valence-corrected chi connectivity index (χ4v) is 2.91. The molecule has 0 unspecified atom stereocenters. The molecule has 0 radical (unpaired) electrons. The molecule has 6 nitrogen and oxygen atoms in total. The highest BCUT2D eigenvalue weighted by Crippen LogP contribution is 2.18. The van der Waals surface area contributed by atoms with Gasteiger partial charge in [0.15, 0.2) is 0 Å². The molecular weight excluding hydrogens is 292 g/mol. The minimum Gasteiger partial charge on any atom is -0.481 e. The predicted octanol–water partition coefficient (Wildman–Crippen LogP) is 1.03. The zero-order valence-electron chi connectivity index (χ0n) is 11.4. The van der Waals surface area contributed by atoms with Crippen LogP contribution in [0.1, 0.15) is 6.42 Å². The first kappa shape index (κ1) is 15.4. The molecule has 0 spiro atoms. The molecule has 1 aromatic rings. The van der Waals surface area contributed by atoms with Gasteiger partial charge in [-0.05, 0) is 12.1 Å². The van der Waals surface area contributed by atoms with Crippen molar-refractivity contribution in [2.75, 3.05) is 29.6 Å². The van der Waals surface area contributed by atoms with E-state index in [1.807, 2.05) is 6.07 Å². The number of para-hydroxylation sites is 1. The number of thioether (sulfide) groups is 1. The van der Waals surface area contributed by atoms with Crippen LogP contribution in [0.15, 0.2) is 30.3 Å². The van der Waals surface area contributed by atoms with Crippen LogP contribution in [-0.4, -0.2) is 52.5 Å². The molecule has 1 aliphatic heterocycles. The molecule has 7 heteroatoms. The maximum absolute atomic E-state index is 12.4. The first-order valence-electron chi connectivity index (χ1n) is 6.50. The fourth-order valence-electron chi connectivity index (χ4n) is 2.00. The molecule has 1 heterocycles. The molecule has 0 aliphatic carbocycles. The zero-order chi connectivity index (χ0) is 15.2. The van der Waals surface area contributed by atoms with E-state index in [-0.39, 0.29) is 31.3 Å². The predicted molar refractivity (Wildman–Crippen MR) is 80.1 cm³/mol. The van der Waals surface area contributed by atoms with E-state index in [9.17, 15) is 14.4 Å². The molecule has 0 saturated carbocycles. The van der Waals surface area contributed by atoms with Gasteiger partial charge in [-0.3, -0.25) is 14.4 Å². The maximum atomic E-state index is 12.4. The van der Waals surface area contributed by atoms with E-state index < -0.39 is 5.97 Å². The van der Waals surface area contributed by atoms with Gasteiger partial charge in [-0.2, -0.15) is 0 Å². The normalized spacial score (nSPS) is 14.3. The largest absolute Gasteiger partial charge is 0.481 e. The van der Waals surface area contributed by atoms with Gasteiger partial charge in [0.1, 0.15) is 6.54 Å². The van der Waals surface area contributed by atoms with Crippen LogP contribution in [0.2, 0.25) is 0 Å². The van der Waals surface area contributed by atoms with Gasteiger partial charge in [0, 0.05) is 12.2 Å². The number of carbonyl (C=O) groups is 3. The van der Waals surface area contributed by atoms with Crippen molar-refractivity contribution in [3.05, 3.63) is 30.3 Å². The Kier molecular flexibility index (Phi) is 5.21. The SMILES string of the molecule is O=C(O)CCN(C(=O)CN1CSCC1=O)c1ccccc1. The molecule has 1 aliphatic rings. The Balaban J connectivity index is 2.08. The van der Waals surface area contributed by atoms with Crippen molar-refractivity contribution in [2.45, 2.75) is 6.42 Å². The van der Waals surface area contributed by atoms with Gasteiger partial charge >= 0.3 is 5.97 Å². The van der Waals surface area contributed by atoms with Crippen molar-refractivity contribution < 1.29 is 19.5 Å². The summed E-state index contributed by atoms with van der Waals surface area (Å²) < 4.78 is 0. The van der Waals surface area contributed by atoms with Gasteiger partial charge in [0.05, 0.1) is 18.1 Å². The lowest BCUT2D eigenvalue weighted by atomic mass is 10.2. The number of anilines is 1. The third-order valence-corrected chi connectivity index (χ3v) is 4.02. The molecule has 1 N–H and O–H groups in total. The number of nitrogens with zero attached hydrogens (tertiary/aromatic N) is 2. The van der Waals surface area contributed by atoms with Gasteiger partial charge in [-0.1, -0.05) is 18.2 Å². The molecule has 0 bridgehead atoms. The van der Waals surface area contributed by atoms with E-state index in [0.717, 1.165) is 0 Å².